The van der Waals surface area contributed by atoms with Gasteiger partial charge in [-0.15, -0.1) is 0 Å². The lowest BCUT2D eigenvalue weighted by Crippen LogP contribution is -2.52. The number of fused-ring (bicyclic) bond motifs is 5. The van der Waals surface area contributed by atoms with Crippen LogP contribution in [0.4, 0.5) is 0 Å². The summed E-state index contributed by atoms with van der Waals surface area (Å²) < 4.78 is 10.7. The van der Waals surface area contributed by atoms with Crippen molar-refractivity contribution in [2.45, 2.75) is 91.1 Å². The second-order valence-electron chi connectivity index (χ2n) is 11.4. The van der Waals surface area contributed by atoms with Crippen LogP contribution in [0.15, 0.2) is 0 Å². The van der Waals surface area contributed by atoms with Crippen LogP contribution in [0.25, 0.3) is 0 Å². The lowest BCUT2D eigenvalue weighted by atomic mass is 9.48. The van der Waals surface area contributed by atoms with Gasteiger partial charge in [-0.1, -0.05) is 6.92 Å². The maximum atomic E-state index is 12.8. The second-order valence-corrected chi connectivity index (χ2v) is 11.4. The summed E-state index contributed by atoms with van der Waals surface area (Å²) in [6, 6.07) is 0. The van der Waals surface area contributed by atoms with Gasteiger partial charge in [-0.3, -0.25) is 9.59 Å². The van der Waals surface area contributed by atoms with Gasteiger partial charge in [0.1, 0.15) is 0 Å². The van der Waals surface area contributed by atoms with Gasteiger partial charge in [0.05, 0.1) is 18.8 Å². The molecule has 8 atom stereocenters. The Balaban J connectivity index is 1.55. The van der Waals surface area contributed by atoms with Gasteiger partial charge >= 0.3 is 11.9 Å². The zero-order valence-corrected chi connectivity index (χ0v) is 19.9. The maximum absolute atomic E-state index is 12.8. The number of hydrogen-bond acceptors (Lipinski definition) is 5. The molecule has 0 radical (unpaired) electrons. The molecule has 0 spiro atoms. The van der Waals surface area contributed by atoms with Crippen LogP contribution in [-0.2, 0) is 19.1 Å². The van der Waals surface area contributed by atoms with Gasteiger partial charge in [-0.25, -0.2) is 0 Å². The molecule has 4 rings (SSSR count). The molecule has 5 heteroatoms. The largest absolute Gasteiger partial charge is 0.465 e. The minimum atomic E-state index is -0.785. The first-order valence-electron chi connectivity index (χ1n) is 12.8. The summed E-state index contributed by atoms with van der Waals surface area (Å²) in [4.78, 5) is 25.7. The summed E-state index contributed by atoms with van der Waals surface area (Å²) in [6.07, 6.45) is 9.78. The number of aliphatic hydroxyl groups is 1. The molecule has 1 N–H and O–H groups in total. The standard InChI is InChI=1S/C26H42O5/c1-5-30-23(27)22(24(28)31-6-2)21-10-9-20-19-8-7-16-15-25(3,29)13-11-17(16)18(19)12-14-26(20,21)4/h16-22,29H,5-15H2,1-4H3/t16-,17+,18-,19-,20+,21-,25-,26+/m1/s1. The highest BCUT2D eigenvalue weighted by molar-refractivity contribution is 5.95. The maximum Gasteiger partial charge on any atom is 0.320 e. The average Bonchev–Trinajstić information content (AvgIpc) is 3.04. The third-order valence-electron chi connectivity index (χ3n) is 9.79. The molecule has 176 valence electrons. The van der Waals surface area contributed by atoms with Crippen LogP contribution in [0.1, 0.15) is 85.5 Å². The molecule has 0 amide bonds. The molecule has 4 saturated carbocycles. The van der Waals surface area contributed by atoms with E-state index in [1.165, 1.54) is 19.3 Å². The summed E-state index contributed by atoms with van der Waals surface area (Å²) in [5, 5.41) is 10.6. The highest BCUT2D eigenvalue weighted by Gasteiger charge is 2.60. The molecule has 0 aliphatic heterocycles. The van der Waals surface area contributed by atoms with Crippen molar-refractivity contribution in [2.75, 3.05) is 13.2 Å². The molecule has 31 heavy (non-hydrogen) atoms. The summed E-state index contributed by atoms with van der Waals surface area (Å²) in [5.74, 6) is 1.86. The molecule has 4 fully saturated rings. The Bertz CT molecular complexity index is 669. The van der Waals surface area contributed by atoms with Crippen molar-refractivity contribution in [2.24, 2.45) is 46.8 Å². The first-order valence-corrected chi connectivity index (χ1v) is 12.8. The van der Waals surface area contributed by atoms with Crippen molar-refractivity contribution in [1.82, 2.24) is 0 Å². The van der Waals surface area contributed by atoms with E-state index in [1.54, 1.807) is 13.8 Å². The monoisotopic (exact) mass is 434 g/mol. The third kappa shape index (κ3) is 4.05. The SMILES string of the molecule is CCOC(=O)C(C(=O)OCC)[C@H]1CC[C@H]2[C@@H]3CC[C@@H]4C[C@](C)(O)CC[C@@H]4[C@H]3CC[C@]12C. The van der Waals surface area contributed by atoms with Crippen molar-refractivity contribution < 1.29 is 24.2 Å². The Morgan fingerprint density at radius 1 is 0.871 bits per heavy atom. The molecular formula is C26H42O5. The van der Waals surface area contributed by atoms with Crippen molar-refractivity contribution in [3.63, 3.8) is 0 Å². The van der Waals surface area contributed by atoms with Gasteiger partial charge in [0, 0.05) is 0 Å². The smallest absolute Gasteiger partial charge is 0.320 e. The molecule has 0 aromatic rings. The molecule has 0 saturated heterocycles. The van der Waals surface area contributed by atoms with E-state index in [4.69, 9.17) is 9.47 Å². The van der Waals surface area contributed by atoms with Crippen LogP contribution < -0.4 is 0 Å². The zero-order chi connectivity index (χ0) is 22.4. The van der Waals surface area contributed by atoms with E-state index in [9.17, 15) is 14.7 Å². The Kier molecular flexibility index (Phi) is 6.46. The Morgan fingerprint density at radius 2 is 1.52 bits per heavy atom. The van der Waals surface area contributed by atoms with Crippen LogP contribution >= 0.6 is 0 Å². The van der Waals surface area contributed by atoms with Crippen LogP contribution in [0, 0.1) is 46.8 Å². The van der Waals surface area contributed by atoms with Crippen molar-refractivity contribution in [1.29, 1.82) is 0 Å². The topological polar surface area (TPSA) is 72.8 Å². The fraction of sp³-hybridized carbons (Fsp3) is 0.923. The van der Waals surface area contributed by atoms with E-state index in [0.717, 1.165) is 50.4 Å². The molecule has 4 aliphatic carbocycles. The molecule has 0 unspecified atom stereocenters. The molecule has 4 aliphatic rings. The average molecular weight is 435 g/mol. The number of carbonyl (C=O) groups excluding carboxylic acids is 2. The van der Waals surface area contributed by atoms with Crippen LogP contribution in [0.3, 0.4) is 0 Å². The summed E-state index contributed by atoms with van der Waals surface area (Å²) in [7, 11) is 0. The summed E-state index contributed by atoms with van der Waals surface area (Å²) in [5.41, 5.74) is -0.486. The first-order chi connectivity index (χ1) is 14.7. The van der Waals surface area contributed by atoms with Crippen molar-refractivity contribution in [3.05, 3.63) is 0 Å². The lowest BCUT2D eigenvalue weighted by molar-refractivity contribution is -0.169. The van der Waals surface area contributed by atoms with E-state index >= 15 is 0 Å². The fourth-order valence-corrected chi connectivity index (χ4v) is 8.56. The third-order valence-corrected chi connectivity index (χ3v) is 9.79. The Morgan fingerprint density at radius 3 is 2.16 bits per heavy atom. The van der Waals surface area contributed by atoms with Gasteiger partial charge in [-0.2, -0.15) is 0 Å². The second kappa shape index (κ2) is 8.68. The van der Waals surface area contributed by atoms with E-state index in [-0.39, 0.29) is 11.3 Å². The lowest BCUT2D eigenvalue weighted by Gasteiger charge is -2.57. The van der Waals surface area contributed by atoms with Crippen molar-refractivity contribution >= 4 is 11.9 Å². The van der Waals surface area contributed by atoms with Gasteiger partial charge in [0.15, 0.2) is 5.92 Å². The van der Waals surface area contributed by atoms with E-state index < -0.39 is 23.5 Å². The first kappa shape index (κ1) is 23.1. The molecule has 0 aromatic carbocycles. The van der Waals surface area contributed by atoms with Gasteiger partial charge in [0.25, 0.3) is 0 Å². The quantitative estimate of drug-likeness (QED) is 0.499. The van der Waals surface area contributed by atoms with E-state index in [1.807, 2.05) is 6.92 Å². The van der Waals surface area contributed by atoms with E-state index in [0.29, 0.717) is 31.0 Å². The van der Waals surface area contributed by atoms with Crippen LogP contribution in [0.2, 0.25) is 0 Å². The van der Waals surface area contributed by atoms with E-state index in [2.05, 4.69) is 6.92 Å². The van der Waals surface area contributed by atoms with Crippen LogP contribution in [-0.4, -0.2) is 35.9 Å². The van der Waals surface area contributed by atoms with Gasteiger partial charge in [0.2, 0.25) is 0 Å². The molecule has 5 nitrogen and oxygen atoms in total. The minimum Gasteiger partial charge on any atom is -0.465 e. The highest BCUT2D eigenvalue weighted by Crippen LogP contribution is 2.65. The molecule has 0 heterocycles. The van der Waals surface area contributed by atoms with Crippen molar-refractivity contribution in [3.8, 4) is 0 Å². The number of rotatable bonds is 5. The highest BCUT2D eigenvalue weighted by atomic mass is 16.6. The molecule has 0 aromatic heterocycles. The molecular weight excluding hydrogens is 392 g/mol. The predicted molar refractivity (Wildman–Crippen MR) is 118 cm³/mol. The normalized spacial score (nSPS) is 44.2. The number of esters is 2. The van der Waals surface area contributed by atoms with Crippen LogP contribution in [0.5, 0.6) is 0 Å². The number of hydrogen-bond donors (Lipinski definition) is 1. The summed E-state index contributed by atoms with van der Waals surface area (Å²) in [6.45, 7) is 8.53. The Labute approximate surface area is 187 Å². The number of ether oxygens (including phenoxy) is 2. The zero-order valence-electron chi connectivity index (χ0n) is 19.9. The summed E-state index contributed by atoms with van der Waals surface area (Å²) >= 11 is 0. The Hall–Kier alpha value is -1.10. The van der Waals surface area contributed by atoms with Gasteiger partial charge in [-0.05, 0) is 119 Å². The predicted octanol–water partition coefficient (Wildman–Crippen LogP) is 4.75. The number of carbonyl (C=O) groups is 2. The minimum absolute atomic E-state index is 0.00163. The molecule has 0 bridgehead atoms. The van der Waals surface area contributed by atoms with Gasteiger partial charge < -0.3 is 14.6 Å². The fourth-order valence-electron chi connectivity index (χ4n) is 8.56.